The Hall–Kier alpha value is -1.62. The normalized spacial score (nSPS) is 21.1. The number of nitrogens with one attached hydrogen (secondary N) is 2. The van der Waals surface area contributed by atoms with Crippen LogP contribution in [0.5, 0.6) is 0 Å². The van der Waals surface area contributed by atoms with Crippen LogP contribution >= 0.6 is 15.9 Å². The van der Waals surface area contributed by atoms with Gasteiger partial charge in [0.1, 0.15) is 0 Å². The number of carbonyl (C=O) groups excluding carboxylic acids is 1. The first-order valence-corrected chi connectivity index (χ1v) is 7.05. The summed E-state index contributed by atoms with van der Waals surface area (Å²) in [5, 5.41) is 9.62. The van der Waals surface area contributed by atoms with Gasteiger partial charge in [-0.2, -0.15) is 5.10 Å². The number of benzene rings is 1. The molecule has 1 aromatic carbocycles. The molecule has 3 rings (SSSR count). The molecule has 1 aliphatic carbocycles. The zero-order valence-corrected chi connectivity index (χ0v) is 11.9. The molecule has 2 atom stereocenters. The van der Waals surface area contributed by atoms with Crippen molar-refractivity contribution in [2.75, 3.05) is 0 Å². The summed E-state index contributed by atoms with van der Waals surface area (Å²) in [6.45, 7) is 0.514. The fourth-order valence-electron chi connectivity index (χ4n) is 2.29. The van der Waals surface area contributed by atoms with Gasteiger partial charge in [0.05, 0.1) is 12.2 Å². The molecule has 1 amide bonds. The maximum atomic E-state index is 12.0. The molecule has 0 unspecified atom stereocenters. The average Bonchev–Trinajstić information content (AvgIpc) is 3.04. The molecule has 1 fully saturated rings. The first-order valence-electron chi connectivity index (χ1n) is 6.25. The van der Waals surface area contributed by atoms with Gasteiger partial charge in [-0.25, -0.2) is 0 Å². The Morgan fingerprint density at radius 2 is 2.37 bits per heavy atom. The average molecular weight is 320 g/mol. The lowest BCUT2D eigenvalue weighted by Gasteiger charge is -2.04. The van der Waals surface area contributed by atoms with E-state index in [0.717, 1.165) is 16.6 Å². The molecule has 0 spiro atoms. The number of aromatic nitrogens is 2. The van der Waals surface area contributed by atoms with Crippen LogP contribution in [0.1, 0.15) is 23.6 Å². The third-order valence-electron chi connectivity index (χ3n) is 3.42. The van der Waals surface area contributed by atoms with Crippen LogP contribution in [0.15, 0.2) is 41.0 Å². The van der Waals surface area contributed by atoms with Gasteiger partial charge in [-0.1, -0.05) is 28.1 Å². The van der Waals surface area contributed by atoms with Gasteiger partial charge in [-0.05, 0) is 36.1 Å². The van der Waals surface area contributed by atoms with E-state index in [1.807, 2.05) is 18.2 Å². The Bertz CT molecular complexity index is 582. The molecule has 1 aliphatic rings. The first kappa shape index (κ1) is 12.4. The van der Waals surface area contributed by atoms with E-state index in [2.05, 4.69) is 43.6 Å². The summed E-state index contributed by atoms with van der Waals surface area (Å²) < 4.78 is 1.06. The third-order valence-corrected chi connectivity index (χ3v) is 3.91. The third kappa shape index (κ3) is 2.87. The zero-order valence-electron chi connectivity index (χ0n) is 10.3. The molecule has 0 bridgehead atoms. The van der Waals surface area contributed by atoms with Gasteiger partial charge in [-0.3, -0.25) is 9.89 Å². The summed E-state index contributed by atoms with van der Waals surface area (Å²) in [4.78, 5) is 12.0. The number of carbonyl (C=O) groups is 1. The molecule has 4 nitrogen and oxygen atoms in total. The van der Waals surface area contributed by atoms with Crippen molar-refractivity contribution in [3.05, 3.63) is 52.3 Å². The van der Waals surface area contributed by atoms with Crippen molar-refractivity contribution in [1.29, 1.82) is 0 Å². The predicted molar refractivity (Wildman–Crippen MR) is 75.4 cm³/mol. The van der Waals surface area contributed by atoms with E-state index in [9.17, 15) is 4.79 Å². The quantitative estimate of drug-likeness (QED) is 0.910. The topological polar surface area (TPSA) is 57.8 Å². The summed E-state index contributed by atoms with van der Waals surface area (Å²) in [6, 6.07) is 10.0. The van der Waals surface area contributed by atoms with Crippen LogP contribution in [0, 0.1) is 5.92 Å². The van der Waals surface area contributed by atoms with Crippen molar-refractivity contribution < 1.29 is 4.79 Å². The standard InChI is InChI=1S/C14H14BrN3O/c15-10-3-1-2-9(6-10)12-7-13(12)14(19)16-8-11-4-5-17-18-11/h1-6,12-13H,7-8H2,(H,16,19)(H,17,18)/t12-,13-/m0/s1. The molecule has 2 aromatic rings. The van der Waals surface area contributed by atoms with Crippen molar-refractivity contribution in [3.63, 3.8) is 0 Å². The van der Waals surface area contributed by atoms with E-state index in [1.165, 1.54) is 5.56 Å². The van der Waals surface area contributed by atoms with Crippen LogP contribution in [-0.2, 0) is 11.3 Å². The van der Waals surface area contributed by atoms with E-state index >= 15 is 0 Å². The molecule has 5 heteroatoms. The number of hydrogen-bond donors (Lipinski definition) is 2. The van der Waals surface area contributed by atoms with Gasteiger partial charge in [-0.15, -0.1) is 0 Å². The molecule has 0 radical (unpaired) electrons. The van der Waals surface area contributed by atoms with Crippen molar-refractivity contribution in [2.24, 2.45) is 5.92 Å². The molecular formula is C14H14BrN3O. The fraction of sp³-hybridized carbons (Fsp3) is 0.286. The molecule has 19 heavy (non-hydrogen) atoms. The van der Waals surface area contributed by atoms with E-state index in [0.29, 0.717) is 12.5 Å². The summed E-state index contributed by atoms with van der Waals surface area (Å²) >= 11 is 3.46. The highest BCUT2D eigenvalue weighted by Crippen LogP contribution is 2.47. The van der Waals surface area contributed by atoms with Gasteiger partial charge in [0.2, 0.25) is 5.91 Å². The van der Waals surface area contributed by atoms with Crippen LogP contribution in [0.4, 0.5) is 0 Å². The predicted octanol–water partition coefficient (Wildman–Crippen LogP) is 2.59. The summed E-state index contributed by atoms with van der Waals surface area (Å²) in [7, 11) is 0. The summed E-state index contributed by atoms with van der Waals surface area (Å²) in [5.41, 5.74) is 2.16. The Balaban J connectivity index is 1.56. The zero-order chi connectivity index (χ0) is 13.2. The largest absolute Gasteiger partial charge is 0.350 e. The fourth-order valence-corrected chi connectivity index (χ4v) is 2.70. The van der Waals surface area contributed by atoms with Crippen LogP contribution in [0.3, 0.4) is 0 Å². The smallest absolute Gasteiger partial charge is 0.224 e. The SMILES string of the molecule is O=C(NCc1ccn[nH]1)[C@H]1C[C@H]1c1cccc(Br)c1. The number of rotatable bonds is 4. The van der Waals surface area contributed by atoms with Crippen LogP contribution in [-0.4, -0.2) is 16.1 Å². The lowest BCUT2D eigenvalue weighted by Crippen LogP contribution is -2.25. The van der Waals surface area contributed by atoms with Crippen molar-refractivity contribution in [1.82, 2.24) is 15.5 Å². The molecule has 98 valence electrons. The Morgan fingerprint density at radius 3 is 3.11 bits per heavy atom. The van der Waals surface area contributed by atoms with E-state index in [-0.39, 0.29) is 11.8 Å². The second-order valence-corrected chi connectivity index (χ2v) is 5.72. The number of aromatic amines is 1. The van der Waals surface area contributed by atoms with Crippen LogP contribution < -0.4 is 5.32 Å². The lowest BCUT2D eigenvalue weighted by molar-refractivity contribution is -0.122. The van der Waals surface area contributed by atoms with Crippen molar-refractivity contribution >= 4 is 21.8 Å². The van der Waals surface area contributed by atoms with Gasteiger partial charge in [0, 0.05) is 16.6 Å². The highest BCUT2D eigenvalue weighted by atomic mass is 79.9. The minimum Gasteiger partial charge on any atom is -0.350 e. The summed E-state index contributed by atoms with van der Waals surface area (Å²) in [6.07, 6.45) is 2.62. The maximum absolute atomic E-state index is 12.0. The highest BCUT2D eigenvalue weighted by Gasteiger charge is 2.43. The van der Waals surface area contributed by atoms with Crippen molar-refractivity contribution in [3.8, 4) is 0 Å². The molecule has 0 saturated heterocycles. The number of halogens is 1. The van der Waals surface area contributed by atoms with Crippen LogP contribution in [0.25, 0.3) is 0 Å². The highest BCUT2D eigenvalue weighted by molar-refractivity contribution is 9.10. The van der Waals surface area contributed by atoms with Crippen molar-refractivity contribution in [2.45, 2.75) is 18.9 Å². The van der Waals surface area contributed by atoms with E-state index < -0.39 is 0 Å². The van der Waals surface area contributed by atoms with Gasteiger partial charge >= 0.3 is 0 Å². The molecule has 1 saturated carbocycles. The minimum atomic E-state index is 0.109. The Labute approximate surface area is 119 Å². The van der Waals surface area contributed by atoms with Gasteiger partial charge in [0.15, 0.2) is 0 Å². The summed E-state index contributed by atoms with van der Waals surface area (Å²) in [5.74, 6) is 0.594. The van der Waals surface area contributed by atoms with Gasteiger partial charge in [0.25, 0.3) is 0 Å². The molecule has 0 aliphatic heterocycles. The molecule has 1 heterocycles. The van der Waals surface area contributed by atoms with E-state index in [4.69, 9.17) is 0 Å². The Morgan fingerprint density at radius 1 is 1.47 bits per heavy atom. The number of nitrogens with zero attached hydrogens (tertiary/aromatic N) is 1. The van der Waals surface area contributed by atoms with E-state index in [1.54, 1.807) is 6.20 Å². The number of H-pyrrole nitrogens is 1. The number of hydrogen-bond acceptors (Lipinski definition) is 2. The van der Waals surface area contributed by atoms with Crippen LogP contribution in [0.2, 0.25) is 0 Å². The maximum Gasteiger partial charge on any atom is 0.224 e. The second kappa shape index (κ2) is 5.17. The molecular weight excluding hydrogens is 306 g/mol. The molecule has 2 N–H and O–H groups in total. The first-order chi connectivity index (χ1) is 9.24. The second-order valence-electron chi connectivity index (χ2n) is 4.80. The van der Waals surface area contributed by atoms with Gasteiger partial charge < -0.3 is 5.32 Å². The lowest BCUT2D eigenvalue weighted by atomic mass is 10.1. The number of amides is 1. The monoisotopic (exact) mass is 319 g/mol. The molecule has 1 aromatic heterocycles. The minimum absolute atomic E-state index is 0.109. The Kier molecular flexibility index (Phi) is 3.38.